The van der Waals surface area contributed by atoms with Gasteiger partial charge in [0.25, 0.3) is 10.2 Å². The molecular formula is C10H13BrN2O3S. The van der Waals surface area contributed by atoms with Crippen molar-refractivity contribution in [3.63, 3.8) is 0 Å². The van der Waals surface area contributed by atoms with Crippen LogP contribution in [0.25, 0.3) is 0 Å². The fourth-order valence-corrected chi connectivity index (χ4v) is 3.05. The third-order valence-corrected chi connectivity index (χ3v) is 4.59. The van der Waals surface area contributed by atoms with E-state index in [2.05, 4.69) is 20.7 Å². The van der Waals surface area contributed by atoms with Crippen LogP contribution in [-0.2, 0) is 16.8 Å². The Balaban J connectivity index is 2.02. The van der Waals surface area contributed by atoms with E-state index in [9.17, 15) is 8.42 Å². The number of nitrogens with zero attached hydrogens (tertiary/aromatic N) is 1. The summed E-state index contributed by atoms with van der Waals surface area (Å²) in [4.78, 5) is 0. The van der Waals surface area contributed by atoms with Crippen molar-refractivity contribution < 1.29 is 13.2 Å². The zero-order valence-corrected chi connectivity index (χ0v) is 11.7. The van der Waals surface area contributed by atoms with Gasteiger partial charge in [0.2, 0.25) is 0 Å². The van der Waals surface area contributed by atoms with E-state index in [-0.39, 0.29) is 6.54 Å². The minimum Gasteiger partial charge on any atom is -0.496 e. The second-order valence-electron chi connectivity index (χ2n) is 3.69. The fourth-order valence-electron chi connectivity index (χ4n) is 1.37. The van der Waals surface area contributed by atoms with Crippen LogP contribution in [0.3, 0.4) is 0 Å². The molecule has 0 radical (unpaired) electrons. The maximum Gasteiger partial charge on any atom is 0.279 e. The largest absolute Gasteiger partial charge is 0.496 e. The van der Waals surface area contributed by atoms with Gasteiger partial charge in [-0.1, -0.05) is 6.07 Å². The number of methoxy groups -OCH3 is 1. The third-order valence-electron chi connectivity index (χ3n) is 2.42. The van der Waals surface area contributed by atoms with Crippen molar-refractivity contribution in [3.8, 4) is 5.75 Å². The lowest BCUT2D eigenvalue weighted by molar-refractivity contribution is 0.412. The normalized spacial score (nSPS) is 15.9. The van der Waals surface area contributed by atoms with Crippen LogP contribution in [0, 0.1) is 0 Å². The van der Waals surface area contributed by atoms with Crippen molar-refractivity contribution in [2.75, 3.05) is 20.2 Å². The Morgan fingerprint density at radius 2 is 2.18 bits per heavy atom. The Morgan fingerprint density at radius 1 is 1.47 bits per heavy atom. The monoisotopic (exact) mass is 320 g/mol. The van der Waals surface area contributed by atoms with Gasteiger partial charge in [-0.3, -0.25) is 0 Å². The molecule has 0 atom stereocenters. The number of rotatable bonds is 5. The van der Waals surface area contributed by atoms with E-state index < -0.39 is 10.2 Å². The van der Waals surface area contributed by atoms with Crippen LogP contribution in [-0.4, -0.2) is 32.9 Å². The molecular weight excluding hydrogens is 308 g/mol. The number of hydrogen-bond donors (Lipinski definition) is 1. The van der Waals surface area contributed by atoms with Gasteiger partial charge in [0, 0.05) is 19.6 Å². The van der Waals surface area contributed by atoms with Crippen LogP contribution < -0.4 is 9.46 Å². The minimum absolute atomic E-state index is 0.279. The summed E-state index contributed by atoms with van der Waals surface area (Å²) < 4.78 is 32.9. The molecule has 0 amide bonds. The predicted molar refractivity (Wildman–Crippen MR) is 68.0 cm³/mol. The summed E-state index contributed by atoms with van der Waals surface area (Å²) in [7, 11) is -1.69. The first-order valence-corrected chi connectivity index (χ1v) is 7.33. The summed E-state index contributed by atoms with van der Waals surface area (Å²) in [6.45, 7) is 1.50. The zero-order chi connectivity index (χ0) is 12.5. The minimum atomic E-state index is -3.28. The van der Waals surface area contributed by atoms with Crippen molar-refractivity contribution in [3.05, 3.63) is 28.2 Å². The maximum atomic E-state index is 11.6. The van der Waals surface area contributed by atoms with E-state index in [0.29, 0.717) is 13.1 Å². The number of halogens is 1. The molecule has 17 heavy (non-hydrogen) atoms. The predicted octanol–water partition coefficient (Wildman–Crippen LogP) is 1.11. The molecule has 1 N–H and O–H groups in total. The summed E-state index contributed by atoms with van der Waals surface area (Å²) in [5.74, 6) is 0.725. The Kier molecular flexibility index (Phi) is 3.72. The molecule has 0 spiro atoms. The van der Waals surface area contributed by atoms with Crippen LogP contribution >= 0.6 is 15.9 Å². The Hall–Kier alpha value is -0.630. The zero-order valence-electron chi connectivity index (χ0n) is 9.31. The van der Waals surface area contributed by atoms with Crippen molar-refractivity contribution in [2.45, 2.75) is 6.54 Å². The molecule has 7 heteroatoms. The van der Waals surface area contributed by atoms with Gasteiger partial charge in [0.05, 0.1) is 11.6 Å². The molecule has 1 saturated heterocycles. The fraction of sp³-hybridized carbons (Fsp3) is 0.400. The lowest BCUT2D eigenvalue weighted by Crippen LogP contribution is -2.29. The topological polar surface area (TPSA) is 58.4 Å². The van der Waals surface area contributed by atoms with Crippen molar-refractivity contribution in [2.24, 2.45) is 0 Å². The van der Waals surface area contributed by atoms with Gasteiger partial charge in [0.15, 0.2) is 0 Å². The van der Waals surface area contributed by atoms with E-state index in [1.54, 1.807) is 13.2 Å². The summed E-state index contributed by atoms with van der Waals surface area (Å²) in [5.41, 5.74) is 0.878. The van der Waals surface area contributed by atoms with Gasteiger partial charge >= 0.3 is 0 Å². The highest BCUT2D eigenvalue weighted by Gasteiger charge is 2.31. The van der Waals surface area contributed by atoms with E-state index in [1.807, 2.05) is 12.1 Å². The summed E-state index contributed by atoms with van der Waals surface area (Å²) in [6.07, 6.45) is 0. The molecule has 1 fully saturated rings. The molecule has 0 bridgehead atoms. The van der Waals surface area contributed by atoms with Gasteiger partial charge in [-0.15, -0.1) is 0 Å². The quantitative estimate of drug-likeness (QED) is 0.827. The van der Waals surface area contributed by atoms with Crippen molar-refractivity contribution in [1.29, 1.82) is 0 Å². The molecule has 0 saturated carbocycles. The van der Waals surface area contributed by atoms with Crippen LogP contribution in [0.5, 0.6) is 5.75 Å². The first-order valence-electron chi connectivity index (χ1n) is 5.10. The second kappa shape index (κ2) is 4.93. The van der Waals surface area contributed by atoms with E-state index in [1.165, 1.54) is 4.31 Å². The van der Waals surface area contributed by atoms with Crippen LogP contribution in [0.15, 0.2) is 22.7 Å². The Morgan fingerprint density at radius 3 is 2.71 bits per heavy atom. The molecule has 1 aliphatic rings. The lowest BCUT2D eigenvalue weighted by Gasteiger charge is -2.08. The average molecular weight is 321 g/mol. The molecule has 2 rings (SSSR count). The molecule has 1 aromatic rings. The average Bonchev–Trinajstić information content (AvgIpc) is 3.11. The molecule has 0 aliphatic carbocycles. The van der Waals surface area contributed by atoms with Gasteiger partial charge < -0.3 is 4.74 Å². The van der Waals surface area contributed by atoms with Crippen LogP contribution in [0.1, 0.15) is 5.56 Å². The first-order chi connectivity index (χ1) is 8.03. The molecule has 0 unspecified atom stereocenters. The SMILES string of the molecule is COc1ccc(CNS(=O)(=O)N2CC2)cc1Br. The highest BCUT2D eigenvalue weighted by molar-refractivity contribution is 9.10. The van der Waals surface area contributed by atoms with Crippen molar-refractivity contribution >= 4 is 26.1 Å². The molecule has 94 valence electrons. The van der Waals surface area contributed by atoms with Crippen molar-refractivity contribution in [1.82, 2.24) is 9.03 Å². The Bertz CT molecular complexity index is 514. The van der Waals surface area contributed by atoms with E-state index in [0.717, 1.165) is 15.8 Å². The second-order valence-corrected chi connectivity index (χ2v) is 6.30. The van der Waals surface area contributed by atoms with E-state index in [4.69, 9.17) is 4.74 Å². The summed E-state index contributed by atoms with van der Waals surface area (Å²) in [5, 5.41) is 0. The number of hydrogen-bond acceptors (Lipinski definition) is 3. The van der Waals surface area contributed by atoms with Gasteiger partial charge in [-0.25, -0.2) is 0 Å². The first kappa shape index (κ1) is 12.8. The molecule has 1 aliphatic heterocycles. The smallest absolute Gasteiger partial charge is 0.279 e. The lowest BCUT2D eigenvalue weighted by atomic mass is 10.2. The number of ether oxygens (including phenoxy) is 1. The summed E-state index contributed by atoms with van der Waals surface area (Å²) in [6, 6.07) is 5.46. The van der Waals surface area contributed by atoms with Gasteiger partial charge in [-0.05, 0) is 33.6 Å². The van der Waals surface area contributed by atoms with Crippen LogP contribution in [0.2, 0.25) is 0 Å². The number of benzene rings is 1. The standard InChI is InChI=1S/C10H13BrN2O3S/c1-16-10-3-2-8(6-9(10)11)7-12-17(14,15)13-4-5-13/h2-3,6,12H,4-5,7H2,1H3. The van der Waals surface area contributed by atoms with Gasteiger partial charge in [-0.2, -0.15) is 17.4 Å². The van der Waals surface area contributed by atoms with E-state index >= 15 is 0 Å². The summed E-state index contributed by atoms with van der Waals surface area (Å²) >= 11 is 3.36. The van der Waals surface area contributed by atoms with Gasteiger partial charge in [0.1, 0.15) is 5.75 Å². The maximum absolute atomic E-state index is 11.6. The molecule has 0 aromatic heterocycles. The third kappa shape index (κ3) is 3.19. The molecule has 5 nitrogen and oxygen atoms in total. The number of nitrogens with one attached hydrogen (secondary N) is 1. The molecule has 1 heterocycles. The van der Waals surface area contributed by atoms with Crippen LogP contribution in [0.4, 0.5) is 0 Å². The molecule has 1 aromatic carbocycles. The highest BCUT2D eigenvalue weighted by Crippen LogP contribution is 2.25. The highest BCUT2D eigenvalue weighted by atomic mass is 79.9. The Labute approximate surface area is 109 Å².